The molecule has 6 nitrogen and oxygen atoms in total. The van der Waals surface area contributed by atoms with Gasteiger partial charge in [0.25, 0.3) is 0 Å². The van der Waals surface area contributed by atoms with E-state index in [2.05, 4.69) is 42.6 Å². The Morgan fingerprint density at radius 1 is 1.08 bits per heavy atom. The number of amides is 1. The van der Waals surface area contributed by atoms with E-state index in [-0.39, 0.29) is 5.54 Å². The van der Waals surface area contributed by atoms with Gasteiger partial charge in [0.15, 0.2) is 0 Å². The highest BCUT2D eigenvalue weighted by Gasteiger charge is 2.42. The van der Waals surface area contributed by atoms with Gasteiger partial charge in [-0.3, -0.25) is 9.69 Å². The molecule has 1 spiro atoms. The van der Waals surface area contributed by atoms with Crippen molar-refractivity contribution in [2.75, 3.05) is 44.7 Å². The van der Waals surface area contributed by atoms with Crippen LogP contribution in [0.2, 0.25) is 0 Å². The number of aromatic nitrogens is 2. The first-order valence-corrected chi connectivity index (χ1v) is 9.98. The van der Waals surface area contributed by atoms with Crippen LogP contribution in [0.25, 0.3) is 0 Å². The van der Waals surface area contributed by atoms with Crippen LogP contribution in [0.15, 0.2) is 0 Å². The van der Waals surface area contributed by atoms with E-state index in [0.717, 1.165) is 69.3 Å². The molecule has 1 atom stereocenters. The van der Waals surface area contributed by atoms with Gasteiger partial charge in [0.1, 0.15) is 11.6 Å². The lowest BCUT2D eigenvalue weighted by atomic mass is 9.86. The molecule has 0 radical (unpaired) electrons. The Morgan fingerprint density at radius 3 is 2.54 bits per heavy atom. The summed E-state index contributed by atoms with van der Waals surface area (Å²) in [5, 5.41) is 0. The summed E-state index contributed by atoms with van der Waals surface area (Å²) in [7, 11) is 2.22. The molecule has 2 fully saturated rings. The SMILES string of the molecule is CCc1c(C)nc(C)nc1N1CCN(C)[C@@]2(CCC(=O)N(CC)CC2)C1. The van der Waals surface area contributed by atoms with Gasteiger partial charge in [-0.05, 0) is 47.1 Å². The van der Waals surface area contributed by atoms with Gasteiger partial charge in [0, 0.05) is 55.9 Å². The fourth-order valence-electron chi connectivity index (χ4n) is 4.60. The summed E-state index contributed by atoms with van der Waals surface area (Å²) in [4.78, 5) is 28.7. The summed E-state index contributed by atoms with van der Waals surface area (Å²) in [6, 6.07) is 0. The zero-order valence-electron chi connectivity index (χ0n) is 17.0. The quantitative estimate of drug-likeness (QED) is 0.828. The number of hydrogen-bond acceptors (Lipinski definition) is 5. The van der Waals surface area contributed by atoms with Crippen LogP contribution in [0, 0.1) is 13.8 Å². The Hall–Kier alpha value is -1.69. The number of carbonyl (C=O) groups is 1. The smallest absolute Gasteiger partial charge is 0.222 e. The highest BCUT2D eigenvalue weighted by Crippen LogP contribution is 2.34. The summed E-state index contributed by atoms with van der Waals surface area (Å²) in [5.74, 6) is 2.25. The first kappa shape index (κ1) is 19.1. The van der Waals surface area contributed by atoms with Crippen LogP contribution in [0.3, 0.4) is 0 Å². The predicted molar refractivity (Wildman–Crippen MR) is 105 cm³/mol. The Kier molecular flexibility index (Phi) is 5.51. The molecule has 0 bridgehead atoms. The monoisotopic (exact) mass is 359 g/mol. The lowest BCUT2D eigenvalue weighted by Gasteiger charge is -2.50. The lowest BCUT2D eigenvalue weighted by molar-refractivity contribution is -0.130. The van der Waals surface area contributed by atoms with Crippen molar-refractivity contribution >= 4 is 11.7 Å². The predicted octanol–water partition coefficient (Wildman–Crippen LogP) is 2.18. The van der Waals surface area contributed by atoms with Crippen molar-refractivity contribution in [3.05, 3.63) is 17.1 Å². The van der Waals surface area contributed by atoms with Crippen molar-refractivity contribution in [2.24, 2.45) is 0 Å². The van der Waals surface area contributed by atoms with Crippen molar-refractivity contribution in [3.63, 3.8) is 0 Å². The number of aryl methyl sites for hydroxylation is 2. The Bertz CT molecular complexity index is 676. The van der Waals surface area contributed by atoms with Gasteiger partial charge >= 0.3 is 0 Å². The van der Waals surface area contributed by atoms with Crippen LogP contribution in [-0.2, 0) is 11.2 Å². The second-order valence-corrected chi connectivity index (χ2v) is 7.80. The molecule has 1 aromatic rings. The van der Waals surface area contributed by atoms with Gasteiger partial charge in [0.2, 0.25) is 5.91 Å². The van der Waals surface area contributed by atoms with Gasteiger partial charge in [-0.15, -0.1) is 0 Å². The van der Waals surface area contributed by atoms with E-state index in [1.165, 1.54) is 5.56 Å². The molecule has 2 aliphatic heterocycles. The van der Waals surface area contributed by atoms with Gasteiger partial charge in [-0.1, -0.05) is 6.92 Å². The Labute approximate surface area is 157 Å². The van der Waals surface area contributed by atoms with E-state index in [9.17, 15) is 4.79 Å². The number of piperazine rings is 1. The summed E-state index contributed by atoms with van der Waals surface area (Å²) in [5.41, 5.74) is 2.40. The molecular weight excluding hydrogens is 326 g/mol. The van der Waals surface area contributed by atoms with Crippen molar-refractivity contribution in [3.8, 4) is 0 Å². The van der Waals surface area contributed by atoms with Crippen molar-refractivity contribution < 1.29 is 4.79 Å². The maximum absolute atomic E-state index is 12.4. The van der Waals surface area contributed by atoms with Gasteiger partial charge < -0.3 is 9.80 Å². The molecule has 0 aliphatic carbocycles. The van der Waals surface area contributed by atoms with Crippen LogP contribution in [0.1, 0.15) is 50.2 Å². The first-order valence-electron chi connectivity index (χ1n) is 9.98. The number of carbonyl (C=O) groups excluding carboxylic acids is 1. The van der Waals surface area contributed by atoms with E-state index < -0.39 is 0 Å². The summed E-state index contributed by atoms with van der Waals surface area (Å²) in [6.45, 7) is 12.9. The van der Waals surface area contributed by atoms with E-state index in [1.807, 2.05) is 11.8 Å². The summed E-state index contributed by atoms with van der Waals surface area (Å²) >= 11 is 0. The molecule has 1 aromatic heterocycles. The van der Waals surface area contributed by atoms with Crippen LogP contribution in [0.4, 0.5) is 5.82 Å². The van der Waals surface area contributed by atoms with E-state index >= 15 is 0 Å². The fourth-order valence-corrected chi connectivity index (χ4v) is 4.60. The second kappa shape index (κ2) is 7.51. The van der Waals surface area contributed by atoms with Gasteiger partial charge in [-0.2, -0.15) is 0 Å². The minimum absolute atomic E-state index is 0.0512. The van der Waals surface area contributed by atoms with Crippen molar-refractivity contribution in [2.45, 2.75) is 58.9 Å². The maximum atomic E-state index is 12.4. The fraction of sp³-hybridized carbons (Fsp3) is 0.750. The van der Waals surface area contributed by atoms with Gasteiger partial charge in [-0.25, -0.2) is 9.97 Å². The lowest BCUT2D eigenvalue weighted by Crippen LogP contribution is -2.61. The standard InChI is InChI=1S/C20H33N5O/c1-6-17-15(3)21-16(4)22-19(17)25-13-12-23(5)20(14-25)9-8-18(26)24(7-2)11-10-20/h6-14H2,1-5H3/t20-/m1/s1. The highest BCUT2D eigenvalue weighted by atomic mass is 16.2. The zero-order chi connectivity index (χ0) is 18.9. The first-order chi connectivity index (χ1) is 12.4. The number of likely N-dealkylation sites (tertiary alicyclic amines) is 1. The molecule has 0 aromatic carbocycles. The summed E-state index contributed by atoms with van der Waals surface area (Å²) in [6.07, 6.45) is 3.56. The molecule has 0 saturated carbocycles. The van der Waals surface area contributed by atoms with E-state index in [0.29, 0.717) is 12.3 Å². The van der Waals surface area contributed by atoms with Crippen LogP contribution in [0.5, 0.6) is 0 Å². The minimum atomic E-state index is 0.0512. The topological polar surface area (TPSA) is 52.6 Å². The largest absolute Gasteiger partial charge is 0.353 e. The van der Waals surface area contributed by atoms with Gasteiger partial charge in [0.05, 0.1) is 0 Å². The maximum Gasteiger partial charge on any atom is 0.222 e. The molecule has 0 unspecified atom stereocenters. The molecule has 1 amide bonds. The average molecular weight is 360 g/mol. The third-order valence-corrected chi connectivity index (χ3v) is 6.34. The Morgan fingerprint density at radius 2 is 1.85 bits per heavy atom. The second-order valence-electron chi connectivity index (χ2n) is 7.80. The zero-order valence-corrected chi connectivity index (χ0v) is 17.0. The molecule has 3 heterocycles. The number of nitrogens with zero attached hydrogens (tertiary/aromatic N) is 5. The third-order valence-electron chi connectivity index (χ3n) is 6.34. The molecule has 6 heteroatoms. The molecule has 2 saturated heterocycles. The number of rotatable bonds is 3. The van der Waals surface area contributed by atoms with Crippen molar-refractivity contribution in [1.29, 1.82) is 0 Å². The molecule has 0 N–H and O–H groups in total. The molecule has 3 rings (SSSR count). The number of likely N-dealkylation sites (N-methyl/N-ethyl adjacent to an activating group) is 1. The highest BCUT2D eigenvalue weighted by molar-refractivity contribution is 5.76. The third kappa shape index (κ3) is 3.43. The molecule has 144 valence electrons. The number of anilines is 1. The molecule has 26 heavy (non-hydrogen) atoms. The van der Waals surface area contributed by atoms with Crippen LogP contribution < -0.4 is 4.90 Å². The summed E-state index contributed by atoms with van der Waals surface area (Å²) < 4.78 is 0. The number of hydrogen-bond donors (Lipinski definition) is 0. The normalized spacial score (nSPS) is 25.0. The Balaban J connectivity index is 1.90. The van der Waals surface area contributed by atoms with Crippen LogP contribution >= 0.6 is 0 Å². The van der Waals surface area contributed by atoms with Crippen LogP contribution in [-0.4, -0.2) is 71.0 Å². The van der Waals surface area contributed by atoms with E-state index in [1.54, 1.807) is 0 Å². The van der Waals surface area contributed by atoms with Crippen molar-refractivity contribution in [1.82, 2.24) is 19.8 Å². The van der Waals surface area contributed by atoms with E-state index in [4.69, 9.17) is 4.98 Å². The molecule has 2 aliphatic rings. The minimum Gasteiger partial charge on any atom is -0.353 e. The average Bonchev–Trinajstić information content (AvgIpc) is 2.77. The molecular formula is C20H33N5O.